The molecule has 0 radical (unpaired) electrons. The van der Waals surface area contributed by atoms with Gasteiger partial charge in [-0.1, -0.05) is 0 Å². The number of methoxy groups -OCH3 is 1. The molecule has 100 valence electrons. The van der Waals surface area contributed by atoms with Gasteiger partial charge < -0.3 is 15.4 Å². The van der Waals surface area contributed by atoms with Crippen molar-refractivity contribution in [2.24, 2.45) is 5.73 Å². The molecule has 0 amide bonds. The van der Waals surface area contributed by atoms with E-state index in [-0.39, 0.29) is 5.97 Å². The van der Waals surface area contributed by atoms with Gasteiger partial charge >= 0.3 is 5.97 Å². The lowest BCUT2D eigenvalue weighted by Gasteiger charge is -2.33. The molecule has 2 N–H and O–H groups in total. The standard InChI is InChI=1S/C12H25N3O2/c1-10-8-14(3)6-5-7-15(10)9-12(2,13)11(16)17-4/h10H,5-9,13H2,1-4H3. The largest absolute Gasteiger partial charge is 0.468 e. The van der Waals surface area contributed by atoms with Gasteiger partial charge in [-0.25, -0.2) is 0 Å². The van der Waals surface area contributed by atoms with E-state index in [0.29, 0.717) is 12.6 Å². The molecular formula is C12H25N3O2. The van der Waals surface area contributed by atoms with Gasteiger partial charge in [0.05, 0.1) is 7.11 Å². The van der Waals surface area contributed by atoms with Gasteiger partial charge in [-0.3, -0.25) is 9.69 Å². The minimum atomic E-state index is -0.925. The van der Waals surface area contributed by atoms with Crippen molar-refractivity contribution in [1.82, 2.24) is 9.80 Å². The smallest absolute Gasteiger partial charge is 0.326 e. The van der Waals surface area contributed by atoms with Crippen LogP contribution in [0.25, 0.3) is 0 Å². The van der Waals surface area contributed by atoms with E-state index in [4.69, 9.17) is 10.5 Å². The fourth-order valence-corrected chi connectivity index (χ4v) is 2.38. The summed E-state index contributed by atoms with van der Waals surface area (Å²) in [6.07, 6.45) is 1.11. The van der Waals surface area contributed by atoms with Gasteiger partial charge in [0.1, 0.15) is 5.54 Å². The fourth-order valence-electron chi connectivity index (χ4n) is 2.38. The van der Waals surface area contributed by atoms with Gasteiger partial charge in [0.25, 0.3) is 0 Å². The summed E-state index contributed by atoms with van der Waals surface area (Å²) in [6, 6.07) is 0.412. The van der Waals surface area contributed by atoms with Crippen LogP contribution in [0.5, 0.6) is 0 Å². The molecule has 0 saturated carbocycles. The highest BCUT2D eigenvalue weighted by Gasteiger charge is 2.34. The summed E-state index contributed by atoms with van der Waals surface area (Å²) in [7, 11) is 3.51. The quantitative estimate of drug-likeness (QED) is 0.702. The van der Waals surface area contributed by atoms with Crippen LogP contribution in [-0.4, -0.2) is 67.7 Å². The summed E-state index contributed by atoms with van der Waals surface area (Å²) in [5, 5.41) is 0. The summed E-state index contributed by atoms with van der Waals surface area (Å²) in [6.45, 7) is 7.55. The van der Waals surface area contributed by atoms with Crippen LogP contribution in [0.15, 0.2) is 0 Å². The minimum Gasteiger partial charge on any atom is -0.468 e. The molecule has 1 heterocycles. The Morgan fingerprint density at radius 1 is 1.53 bits per heavy atom. The van der Waals surface area contributed by atoms with Gasteiger partial charge in [-0.05, 0) is 40.4 Å². The molecule has 0 bridgehead atoms. The summed E-state index contributed by atoms with van der Waals surface area (Å²) < 4.78 is 4.74. The van der Waals surface area contributed by atoms with E-state index in [0.717, 1.165) is 26.1 Å². The number of carbonyl (C=O) groups excluding carboxylic acids is 1. The molecule has 0 spiro atoms. The molecule has 1 fully saturated rings. The van der Waals surface area contributed by atoms with Crippen molar-refractivity contribution in [2.45, 2.75) is 31.8 Å². The van der Waals surface area contributed by atoms with Crippen LogP contribution in [0.4, 0.5) is 0 Å². The summed E-state index contributed by atoms with van der Waals surface area (Å²) in [4.78, 5) is 16.2. The Labute approximate surface area is 104 Å². The van der Waals surface area contributed by atoms with Gasteiger partial charge in [-0.2, -0.15) is 0 Å². The van der Waals surface area contributed by atoms with Crippen molar-refractivity contribution in [2.75, 3.05) is 40.3 Å². The maximum absolute atomic E-state index is 11.6. The Morgan fingerprint density at radius 3 is 2.76 bits per heavy atom. The lowest BCUT2D eigenvalue weighted by molar-refractivity contribution is -0.147. The summed E-state index contributed by atoms with van der Waals surface area (Å²) in [5.41, 5.74) is 5.10. The normalized spacial score (nSPS) is 27.2. The molecule has 1 aliphatic heterocycles. The van der Waals surface area contributed by atoms with Crippen molar-refractivity contribution in [1.29, 1.82) is 0 Å². The van der Waals surface area contributed by atoms with E-state index in [1.54, 1.807) is 6.92 Å². The predicted octanol–water partition coefficient (Wildman–Crippen LogP) is -0.0972. The van der Waals surface area contributed by atoms with Crippen molar-refractivity contribution in [3.05, 3.63) is 0 Å². The molecule has 1 aliphatic rings. The van der Waals surface area contributed by atoms with Crippen molar-refractivity contribution < 1.29 is 9.53 Å². The first-order valence-corrected chi connectivity index (χ1v) is 6.16. The minimum absolute atomic E-state index is 0.345. The molecule has 2 atom stereocenters. The first-order valence-electron chi connectivity index (χ1n) is 6.16. The maximum atomic E-state index is 11.6. The topological polar surface area (TPSA) is 58.8 Å². The van der Waals surface area contributed by atoms with Gasteiger partial charge in [0.15, 0.2) is 0 Å². The summed E-state index contributed by atoms with van der Waals surface area (Å²) in [5.74, 6) is -0.345. The number of likely N-dealkylation sites (N-methyl/N-ethyl adjacent to an activating group) is 1. The molecule has 5 heteroatoms. The molecule has 1 saturated heterocycles. The van der Waals surface area contributed by atoms with Crippen LogP contribution >= 0.6 is 0 Å². The zero-order chi connectivity index (χ0) is 13.1. The van der Waals surface area contributed by atoms with Crippen molar-refractivity contribution >= 4 is 5.97 Å². The molecule has 5 nitrogen and oxygen atoms in total. The van der Waals surface area contributed by atoms with E-state index in [1.807, 2.05) is 0 Å². The van der Waals surface area contributed by atoms with Crippen LogP contribution in [-0.2, 0) is 9.53 Å². The second-order valence-corrected chi connectivity index (χ2v) is 5.34. The molecule has 0 aromatic rings. The average molecular weight is 243 g/mol. The van der Waals surface area contributed by atoms with E-state index < -0.39 is 5.54 Å². The van der Waals surface area contributed by atoms with Gasteiger partial charge in [0, 0.05) is 19.1 Å². The lowest BCUT2D eigenvalue weighted by atomic mass is 10.0. The second-order valence-electron chi connectivity index (χ2n) is 5.34. The zero-order valence-corrected chi connectivity index (χ0v) is 11.4. The van der Waals surface area contributed by atoms with E-state index in [9.17, 15) is 4.79 Å². The lowest BCUT2D eigenvalue weighted by Crippen LogP contribution is -2.56. The fraction of sp³-hybridized carbons (Fsp3) is 0.917. The Kier molecular flexibility index (Phi) is 4.91. The average Bonchev–Trinajstić information content (AvgIpc) is 2.39. The van der Waals surface area contributed by atoms with Crippen molar-refractivity contribution in [3.63, 3.8) is 0 Å². The van der Waals surface area contributed by atoms with Crippen LogP contribution in [0, 0.1) is 0 Å². The third-order valence-electron chi connectivity index (χ3n) is 3.37. The Bertz CT molecular complexity index is 268. The molecule has 0 aromatic heterocycles. The Morgan fingerprint density at radius 2 is 2.18 bits per heavy atom. The van der Waals surface area contributed by atoms with E-state index in [1.165, 1.54) is 7.11 Å². The number of nitrogens with two attached hydrogens (primary N) is 1. The summed E-state index contributed by atoms with van der Waals surface area (Å²) >= 11 is 0. The highest BCUT2D eigenvalue weighted by atomic mass is 16.5. The molecule has 2 unspecified atom stereocenters. The number of hydrogen-bond donors (Lipinski definition) is 1. The third-order valence-corrected chi connectivity index (χ3v) is 3.37. The predicted molar refractivity (Wildman–Crippen MR) is 67.8 cm³/mol. The molecule has 17 heavy (non-hydrogen) atoms. The van der Waals surface area contributed by atoms with Crippen LogP contribution in [0.2, 0.25) is 0 Å². The van der Waals surface area contributed by atoms with E-state index >= 15 is 0 Å². The number of nitrogens with zero attached hydrogens (tertiary/aromatic N) is 2. The monoisotopic (exact) mass is 243 g/mol. The molecular weight excluding hydrogens is 218 g/mol. The number of esters is 1. The Balaban J connectivity index is 2.63. The number of carbonyl (C=O) groups is 1. The number of ether oxygens (including phenoxy) is 1. The zero-order valence-electron chi connectivity index (χ0n) is 11.4. The first-order chi connectivity index (χ1) is 7.86. The van der Waals surface area contributed by atoms with Crippen LogP contribution < -0.4 is 5.73 Å². The van der Waals surface area contributed by atoms with E-state index in [2.05, 4.69) is 23.8 Å². The number of hydrogen-bond acceptors (Lipinski definition) is 5. The van der Waals surface area contributed by atoms with Crippen LogP contribution in [0.3, 0.4) is 0 Å². The highest BCUT2D eigenvalue weighted by Crippen LogP contribution is 2.13. The van der Waals surface area contributed by atoms with Gasteiger partial charge in [-0.15, -0.1) is 0 Å². The molecule has 1 rings (SSSR count). The highest BCUT2D eigenvalue weighted by molar-refractivity contribution is 5.80. The second kappa shape index (κ2) is 5.80. The van der Waals surface area contributed by atoms with Crippen LogP contribution in [0.1, 0.15) is 20.3 Å². The maximum Gasteiger partial charge on any atom is 0.326 e. The number of rotatable bonds is 3. The third kappa shape index (κ3) is 3.94. The van der Waals surface area contributed by atoms with Crippen molar-refractivity contribution in [3.8, 4) is 0 Å². The van der Waals surface area contributed by atoms with Gasteiger partial charge in [0.2, 0.25) is 0 Å². The molecule has 0 aromatic carbocycles. The SMILES string of the molecule is COC(=O)C(C)(N)CN1CCCN(C)CC1C. The molecule has 0 aliphatic carbocycles. The Hall–Kier alpha value is -0.650. The first kappa shape index (κ1) is 14.4.